The maximum atomic E-state index is 2.49. The molecule has 0 N–H and O–H groups in total. The predicted molar refractivity (Wildman–Crippen MR) is 287 cm³/mol. The molecule has 12 aromatic carbocycles. The first-order valence-corrected chi connectivity index (χ1v) is 23.0. The van der Waals surface area contributed by atoms with Gasteiger partial charge in [0.05, 0.1) is 0 Å². The summed E-state index contributed by atoms with van der Waals surface area (Å²) in [7, 11) is 0. The second-order valence-corrected chi connectivity index (χ2v) is 17.7. The summed E-state index contributed by atoms with van der Waals surface area (Å²) in [6, 6.07) is 85.3. The highest BCUT2D eigenvalue weighted by atomic mass is 14.2. The Labute approximate surface area is 386 Å². The van der Waals surface area contributed by atoms with E-state index in [4.69, 9.17) is 0 Å². The average molecular weight is 839 g/mol. The van der Waals surface area contributed by atoms with Crippen LogP contribution in [-0.4, -0.2) is 0 Å². The Morgan fingerprint density at radius 2 is 0.591 bits per heavy atom. The van der Waals surface area contributed by atoms with Crippen LogP contribution in [0.25, 0.3) is 120 Å². The standard InChI is InChI=1S/C66H46/c1-43(45-17-4-3-5-18-45)31-32-44(2)48-23-16-24-51(39-48)63-55-25-10-12-27-57(55)65(58-28-13-11-26-56(58)63)54-37-38-61-62(42-54)66(53-36-34-47-20-7-9-22-50(47)41-53)60-30-15-14-29-59(60)64(61)52-35-33-46-19-6-8-21-49(46)40-52/h3-42H,1-2H3/b43-31+,44-32+. The molecule has 0 heterocycles. The Bertz CT molecular complexity index is 3880. The van der Waals surface area contributed by atoms with Crippen LogP contribution in [0, 0.1) is 0 Å². The quantitative estimate of drug-likeness (QED) is 0.111. The third kappa shape index (κ3) is 6.78. The Morgan fingerprint density at radius 1 is 0.242 bits per heavy atom. The number of fused-ring (bicyclic) bond motifs is 6. The third-order valence-corrected chi connectivity index (χ3v) is 13.7. The van der Waals surface area contributed by atoms with Crippen molar-refractivity contribution < 1.29 is 0 Å². The monoisotopic (exact) mass is 838 g/mol. The second-order valence-electron chi connectivity index (χ2n) is 17.7. The molecule has 0 saturated carbocycles. The zero-order chi connectivity index (χ0) is 44.1. The van der Waals surface area contributed by atoms with Crippen LogP contribution in [0.5, 0.6) is 0 Å². The highest BCUT2D eigenvalue weighted by Crippen LogP contribution is 2.49. The van der Waals surface area contributed by atoms with Crippen molar-refractivity contribution in [3.8, 4) is 44.5 Å². The number of rotatable bonds is 7. The summed E-state index contributed by atoms with van der Waals surface area (Å²) >= 11 is 0. The summed E-state index contributed by atoms with van der Waals surface area (Å²) in [5, 5.41) is 14.9. The topological polar surface area (TPSA) is 0 Å². The first-order valence-electron chi connectivity index (χ1n) is 23.0. The maximum Gasteiger partial charge on any atom is -0.00259 e. The van der Waals surface area contributed by atoms with E-state index < -0.39 is 0 Å². The lowest BCUT2D eigenvalue weighted by Gasteiger charge is -2.21. The van der Waals surface area contributed by atoms with Crippen molar-refractivity contribution in [2.45, 2.75) is 13.8 Å². The third-order valence-electron chi connectivity index (χ3n) is 13.7. The lowest BCUT2D eigenvalue weighted by atomic mass is 9.82. The number of allylic oxidation sites excluding steroid dienone is 4. The molecule has 0 unspecified atom stereocenters. The molecule has 0 saturated heterocycles. The summed E-state index contributed by atoms with van der Waals surface area (Å²) in [6.07, 6.45) is 4.49. The Balaban J connectivity index is 1.10. The minimum absolute atomic E-state index is 1.20. The molecule has 0 fully saturated rings. The van der Waals surface area contributed by atoms with Crippen molar-refractivity contribution in [1.29, 1.82) is 0 Å². The van der Waals surface area contributed by atoms with Gasteiger partial charge in [-0.3, -0.25) is 0 Å². The van der Waals surface area contributed by atoms with E-state index in [2.05, 4.69) is 257 Å². The van der Waals surface area contributed by atoms with Gasteiger partial charge in [0.2, 0.25) is 0 Å². The van der Waals surface area contributed by atoms with Gasteiger partial charge in [0.25, 0.3) is 0 Å². The lowest BCUT2D eigenvalue weighted by Crippen LogP contribution is -1.94. The molecule has 0 aliphatic rings. The molecule has 0 bridgehead atoms. The molecule has 0 nitrogen and oxygen atoms in total. The highest BCUT2D eigenvalue weighted by molar-refractivity contribution is 6.25. The molecular formula is C66H46. The van der Waals surface area contributed by atoms with Crippen LogP contribution in [0.4, 0.5) is 0 Å². The van der Waals surface area contributed by atoms with Crippen molar-refractivity contribution in [2.75, 3.05) is 0 Å². The van der Waals surface area contributed by atoms with Crippen LogP contribution in [0.15, 0.2) is 243 Å². The molecule has 0 atom stereocenters. The van der Waals surface area contributed by atoms with Gasteiger partial charge in [0.15, 0.2) is 0 Å². The normalized spacial score (nSPS) is 12.3. The second kappa shape index (κ2) is 16.3. The molecule has 0 aliphatic carbocycles. The molecule has 66 heavy (non-hydrogen) atoms. The van der Waals surface area contributed by atoms with Crippen molar-refractivity contribution in [1.82, 2.24) is 0 Å². The minimum Gasteiger partial charge on any atom is -0.0622 e. The fourth-order valence-corrected chi connectivity index (χ4v) is 10.5. The molecule has 0 aromatic heterocycles. The smallest absolute Gasteiger partial charge is 0.00259 e. The van der Waals surface area contributed by atoms with Gasteiger partial charge >= 0.3 is 0 Å². The van der Waals surface area contributed by atoms with E-state index in [1.54, 1.807) is 0 Å². The summed E-state index contributed by atoms with van der Waals surface area (Å²) in [6.45, 7) is 4.40. The lowest BCUT2D eigenvalue weighted by molar-refractivity contribution is 1.54. The highest BCUT2D eigenvalue weighted by Gasteiger charge is 2.21. The molecule has 0 amide bonds. The van der Waals surface area contributed by atoms with Crippen LogP contribution >= 0.6 is 0 Å². The molecule has 310 valence electrons. The zero-order valence-corrected chi connectivity index (χ0v) is 37.1. The van der Waals surface area contributed by atoms with Crippen molar-refractivity contribution in [3.05, 3.63) is 254 Å². The molecule has 0 aliphatic heterocycles. The van der Waals surface area contributed by atoms with Gasteiger partial charge < -0.3 is 0 Å². The summed E-state index contributed by atoms with van der Waals surface area (Å²) < 4.78 is 0. The van der Waals surface area contributed by atoms with E-state index in [1.807, 2.05) is 0 Å². The van der Waals surface area contributed by atoms with Crippen molar-refractivity contribution in [3.63, 3.8) is 0 Å². The summed E-state index contributed by atoms with van der Waals surface area (Å²) in [5.74, 6) is 0. The SMILES string of the molecule is C/C(=C\C=C(/C)c1cccc(-c2c3ccccc3c(-c3ccc4c(-c5ccc6ccccc6c5)c5ccccc5c(-c5ccc6ccccc6c5)c4c3)c3ccccc23)c1)c1ccccc1. The van der Waals surface area contributed by atoms with Gasteiger partial charge in [-0.25, -0.2) is 0 Å². The van der Waals surface area contributed by atoms with E-state index in [1.165, 1.54) is 131 Å². The minimum atomic E-state index is 1.20. The van der Waals surface area contributed by atoms with Gasteiger partial charge in [0.1, 0.15) is 0 Å². The van der Waals surface area contributed by atoms with Crippen molar-refractivity contribution in [2.24, 2.45) is 0 Å². The largest absolute Gasteiger partial charge is 0.0622 e. The molecular weight excluding hydrogens is 793 g/mol. The average Bonchev–Trinajstić information content (AvgIpc) is 3.38. The van der Waals surface area contributed by atoms with E-state index in [9.17, 15) is 0 Å². The Kier molecular flexibility index (Phi) is 9.73. The Hall–Kier alpha value is -8.32. The van der Waals surface area contributed by atoms with Gasteiger partial charge in [-0.2, -0.15) is 0 Å². The number of hydrogen-bond donors (Lipinski definition) is 0. The molecule has 0 heteroatoms. The first kappa shape index (κ1) is 39.3. The fraction of sp³-hybridized carbons (Fsp3) is 0.0303. The van der Waals surface area contributed by atoms with Gasteiger partial charge in [-0.1, -0.05) is 218 Å². The molecule has 12 rings (SSSR count). The zero-order valence-electron chi connectivity index (χ0n) is 37.1. The number of benzene rings is 12. The summed E-state index contributed by atoms with van der Waals surface area (Å²) in [5.41, 5.74) is 14.8. The van der Waals surface area contributed by atoms with Crippen molar-refractivity contribution >= 4 is 75.8 Å². The van der Waals surface area contributed by atoms with E-state index in [0.29, 0.717) is 0 Å². The van der Waals surface area contributed by atoms with Crippen LogP contribution in [-0.2, 0) is 0 Å². The van der Waals surface area contributed by atoms with Gasteiger partial charge in [-0.15, -0.1) is 0 Å². The predicted octanol–water partition coefficient (Wildman–Crippen LogP) is 18.8. The van der Waals surface area contributed by atoms with Gasteiger partial charge in [0, 0.05) is 0 Å². The van der Waals surface area contributed by atoms with Crippen LogP contribution in [0.2, 0.25) is 0 Å². The fourth-order valence-electron chi connectivity index (χ4n) is 10.5. The first-order chi connectivity index (χ1) is 32.6. The van der Waals surface area contributed by atoms with Crippen LogP contribution < -0.4 is 0 Å². The van der Waals surface area contributed by atoms with E-state index in [-0.39, 0.29) is 0 Å². The Morgan fingerprint density at radius 3 is 1.09 bits per heavy atom. The molecule has 0 spiro atoms. The van der Waals surface area contributed by atoms with E-state index >= 15 is 0 Å². The van der Waals surface area contributed by atoms with E-state index in [0.717, 1.165) is 0 Å². The van der Waals surface area contributed by atoms with Crippen LogP contribution in [0.3, 0.4) is 0 Å². The molecule has 0 radical (unpaired) electrons. The van der Waals surface area contributed by atoms with Gasteiger partial charge in [-0.05, 0) is 170 Å². The summed E-state index contributed by atoms with van der Waals surface area (Å²) in [4.78, 5) is 0. The number of hydrogen-bond acceptors (Lipinski definition) is 0. The molecule has 12 aromatic rings. The van der Waals surface area contributed by atoms with Crippen LogP contribution in [0.1, 0.15) is 25.0 Å². The maximum absolute atomic E-state index is 2.49.